The van der Waals surface area contributed by atoms with E-state index in [1.807, 2.05) is 0 Å². The van der Waals surface area contributed by atoms with Crippen LogP contribution < -0.4 is 5.73 Å². The smallest absolute Gasteiger partial charge is 0.462 e. The molecule has 2 atom stereocenters. The van der Waals surface area contributed by atoms with Crippen molar-refractivity contribution >= 4 is 19.8 Å². The quantitative estimate of drug-likeness (QED) is 0.0264. The van der Waals surface area contributed by atoms with Gasteiger partial charge in [-0.1, -0.05) is 265 Å². The fourth-order valence-electron chi connectivity index (χ4n) is 7.94. The van der Waals surface area contributed by atoms with Crippen molar-refractivity contribution in [2.45, 2.75) is 225 Å². The van der Waals surface area contributed by atoms with Gasteiger partial charge in [-0.15, -0.1) is 0 Å². The van der Waals surface area contributed by atoms with Crippen LogP contribution in [0.15, 0.2) is 207 Å². The van der Waals surface area contributed by atoms with Crippen molar-refractivity contribution in [3.05, 3.63) is 207 Å². The number of unbranched alkanes of at least 4 members (excludes halogenated alkanes) is 11. The molecule has 0 aromatic carbocycles. The first-order valence-electron chi connectivity index (χ1n) is 32.6. The van der Waals surface area contributed by atoms with Crippen molar-refractivity contribution in [3.8, 4) is 0 Å². The number of rotatable bonds is 58. The number of carbonyl (C=O) groups excluding carboxylic acids is 2. The van der Waals surface area contributed by atoms with Gasteiger partial charge in [0.05, 0.1) is 13.2 Å². The normalized spacial score (nSPS) is 14.4. The molecule has 0 spiro atoms. The van der Waals surface area contributed by atoms with Gasteiger partial charge in [0.2, 0.25) is 0 Å². The Bertz CT molecular complexity index is 2140. The van der Waals surface area contributed by atoms with Gasteiger partial charge >= 0.3 is 19.8 Å². The lowest BCUT2D eigenvalue weighted by atomic mass is 10.1. The van der Waals surface area contributed by atoms with Crippen LogP contribution in [0, 0.1) is 0 Å². The first kappa shape index (κ1) is 79.6. The van der Waals surface area contributed by atoms with Crippen LogP contribution in [0.3, 0.4) is 0 Å². The Morgan fingerprint density at radius 1 is 0.353 bits per heavy atom. The summed E-state index contributed by atoms with van der Waals surface area (Å²) in [6.45, 7) is 3.44. The number of phosphoric acid groups is 1. The highest BCUT2D eigenvalue weighted by Crippen LogP contribution is 2.43. The van der Waals surface area contributed by atoms with Crippen LogP contribution in [0.2, 0.25) is 0 Å². The van der Waals surface area contributed by atoms with Gasteiger partial charge < -0.3 is 20.1 Å². The lowest BCUT2D eigenvalue weighted by Gasteiger charge is -2.19. The number of allylic oxidation sites excluding steroid dienone is 34. The summed E-state index contributed by atoms with van der Waals surface area (Å²) in [4.78, 5) is 35.3. The van der Waals surface area contributed by atoms with Crippen molar-refractivity contribution in [2.75, 3.05) is 26.4 Å². The first-order valence-corrected chi connectivity index (χ1v) is 34.1. The van der Waals surface area contributed by atoms with E-state index in [0.717, 1.165) is 167 Å². The van der Waals surface area contributed by atoms with Gasteiger partial charge in [0, 0.05) is 19.4 Å². The van der Waals surface area contributed by atoms with Crippen molar-refractivity contribution < 1.29 is 37.6 Å². The van der Waals surface area contributed by atoms with Gasteiger partial charge in [-0.05, 0) is 148 Å². The molecule has 0 aromatic rings. The van der Waals surface area contributed by atoms with E-state index in [2.05, 4.69) is 220 Å². The van der Waals surface area contributed by atoms with E-state index >= 15 is 0 Å². The van der Waals surface area contributed by atoms with Gasteiger partial charge in [-0.25, -0.2) is 4.57 Å². The summed E-state index contributed by atoms with van der Waals surface area (Å²) in [6.07, 6.45) is 105. The van der Waals surface area contributed by atoms with Crippen LogP contribution >= 0.6 is 7.82 Å². The summed E-state index contributed by atoms with van der Waals surface area (Å²) in [7, 11) is -4.42. The molecule has 9 nitrogen and oxygen atoms in total. The minimum atomic E-state index is -4.42. The zero-order chi connectivity index (χ0) is 61.6. The Balaban J connectivity index is 4.07. The van der Waals surface area contributed by atoms with E-state index in [-0.39, 0.29) is 32.6 Å². The van der Waals surface area contributed by atoms with E-state index in [4.69, 9.17) is 24.3 Å². The average Bonchev–Trinajstić information content (AvgIpc) is 3.52. The van der Waals surface area contributed by atoms with Crippen molar-refractivity contribution in [3.63, 3.8) is 0 Å². The van der Waals surface area contributed by atoms with Gasteiger partial charge in [-0.2, -0.15) is 0 Å². The second-order valence-corrected chi connectivity index (χ2v) is 22.0. The largest absolute Gasteiger partial charge is 0.472 e. The molecule has 0 aromatic heterocycles. The molecule has 2 unspecified atom stereocenters. The summed E-state index contributed by atoms with van der Waals surface area (Å²) < 4.78 is 33.1. The third kappa shape index (κ3) is 67.6. The predicted octanol–water partition coefficient (Wildman–Crippen LogP) is 21.5. The third-order valence-electron chi connectivity index (χ3n) is 12.7. The number of hydrogen-bond acceptors (Lipinski definition) is 8. The summed E-state index contributed by atoms with van der Waals surface area (Å²) in [5, 5.41) is 0. The minimum absolute atomic E-state index is 0.0359. The molecule has 10 heteroatoms. The van der Waals surface area contributed by atoms with E-state index in [1.165, 1.54) is 12.8 Å². The number of carbonyl (C=O) groups is 2. The predicted molar refractivity (Wildman–Crippen MR) is 366 cm³/mol. The number of ether oxygens (including phenoxy) is 2. The molecular weight excluding hydrogens is 1070 g/mol. The van der Waals surface area contributed by atoms with Gasteiger partial charge in [0.25, 0.3) is 0 Å². The number of hydrogen-bond donors (Lipinski definition) is 2. The van der Waals surface area contributed by atoms with E-state index in [1.54, 1.807) is 0 Å². The van der Waals surface area contributed by atoms with Gasteiger partial charge in [-0.3, -0.25) is 18.6 Å². The summed E-state index contributed by atoms with van der Waals surface area (Å²) in [6, 6.07) is 0. The fourth-order valence-corrected chi connectivity index (χ4v) is 8.70. The highest BCUT2D eigenvalue weighted by Gasteiger charge is 2.26. The molecule has 0 rings (SSSR count). The Hall–Kier alpha value is -5.41. The monoisotopic (exact) mass is 1190 g/mol. The summed E-state index contributed by atoms with van der Waals surface area (Å²) >= 11 is 0. The summed E-state index contributed by atoms with van der Waals surface area (Å²) in [5.41, 5.74) is 5.39. The molecule has 0 fully saturated rings. The molecule has 0 aliphatic heterocycles. The van der Waals surface area contributed by atoms with Crippen LogP contribution in [-0.4, -0.2) is 49.3 Å². The molecule has 85 heavy (non-hydrogen) atoms. The van der Waals surface area contributed by atoms with Crippen LogP contribution in [0.5, 0.6) is 0 Å². The van der Waals surface area contributed by atoms with Crippen molar-refractivity contribution in [1.82, 2.24) is 0 Å². The average molecular weight is 1190 g/mol. The maximum Gasteiger partial charge on any atom is 0.472 e. The Labute approximate surface area is 518 Å². The van der Waals surface area contributed by atoms with Crippen LogP contribution in [0.25, 0.3) is 0 Å². The Morgan fingerprint density at radius 3 is 0.906 bits per heavy atom. The molecule has 0 saturated carbocycles. The Morgan fingerprint density at radius 2 is 0.612 bits per heavy atom. The number of nitrogens with two attached hydrogens (primary N) is 1. The molecule has 0 bridgehead atoms. The fraction of sp³-hybridized carbons (Fsp3) is 0.520. The van der Waals surface area contributed by atoms with Crippen molar-refractivity contribution in [2.24, 2.45) is 5.73 Å². The number of phosphoric ester groups is 1. The second kappa shape index (κ2) is 67.7. The van der Waals surface area contributed by atoms with Gasteiger partial charge in [0.1, 0.15) is 6.61 Å². The van der Waals surface area contributed by atoms with Crippen LogP contribution in [0.4, 0.5) is 0 Å². The molecule has 0 heterocycles. The maximum atomic E-state index is 12.7. The zero-order valence-electron chi connectivity index (χ0n) is 53.0. The maximum absolute atomic E-state index is 12.7. The SMILES string of the molecule is CC/C=C\C/C=C\C/C=C\C/C=C\C/C=C\C/C=C\C/C=C\C/C=C\C/C=C\C/C=C\C/C=C\CCCCCCCCCC(=O)OC(COC(=O)CCCCCC/C=C\C/C=C\C/C=C\C/C=C\C/C=C\C/C=C\CC)COP(=O)(O)OCCN. The molecule has 0 radical (unpaired) electrons. The third-order valence-corrected chi connectivity index (χ3v) is 13.6. The second-order valence-electron chi connectivity index (χ2n) is 20.5. The lowest BCUT2D eigenvalue weighted by molar-refractivity contribution is -0.161. The molecule has 0 aliphatic carbocycles. The lowest BCUT2D eigenvalue weighted by Crippen LogP contribution is -2.29. The molecule has 0 aliphatic rings. The number of esters is 2. The van der Waals surface area contributed by atoms with Gasteiger partial charge in [0.15, 0.2) is 6.10 Å². The topological polar surface area (TPSA) is 134 Å². The minimum Gasteiger partial charge on any atom is -0.462 e. The molecule has 3 N–H and O–H groups in total. The molecular formula is C75H116NO8P. The zero-order valence-corrected chi connectivity index (χ0v) is 53.9. The van der Waals surface area contributed by atoms with E-state index in [9.17, 15) is 19.0 Å². The summed E-state index contributed by atoms with van der Waals surface area (Å²) in [5.74, 6) is -0.887. The Kier molecular flexibility index (Phi) is 63.4. The van der Waals surface area contributed by atoms with Crippen LogP contribution in [0.1, 0.15) is 219 Å². The highest BCUT2D eigenvalue weighted by atomic mass is 31.2. The van der Waals surface area contributed by atoms with Crippen LogP contribution in [-0.2, 0) is 32.7 Å². The van der Waals surface area contributed by atoms with Crippen molar-refractivity contribution in [1.29, 1.82) is 0 Å². The highest BCUT2D eigenvalue weighted by molar-refractivity contribution is 7.47. The standard InChI is InChI=1S/C75H116NO8P/c1-3-5-7-9-11-13-15-17-19-21-23-25-27-28-29-30-31-32-33-34-35-36-37-38-39-40-41-42-43-44-46-48-50-52-54-56-58-60-62-64-66-68-75(78)84-73(72-83-85(79,80)82-70-69-76)71-81-74(77)67-65-63-61-59-57-55-53-51-49-47-45-26-24-22-20-18-16-14-12-10-8-6-4-2/h5-8,11-14,17-20,23-26,28-29,31-32,34-35,37-38,40-41,43-44,47-50,53,55,73H,3-4,9-10,15-16,21-22,27,30,33,36,39,42,45-46,51-52,54,56-72,76H2,1-2H3,(H,79,80)/b7-5-,8-6-,13-11-,14-12-,19-17-,20-18-,25-23-,26-24-,29-28-,32-31-,35-34-,38-37-,41-40-,44-43-,49-47-,50-48-,55-53-. The molecule has 0 amide bonds. The molecule has 0 saturated heterocycles. The molecule has 474 valence electrons. The van der Waals surface area contributed by atoms with E-state index in [0.29, 0.717) is 12.8 Å². The van der Waals surface area contributed by atoms with E-state index < -0.39 is 32.5 Å². The first-order chi connectivity index (χ1) is 41.8.